The van der Waals surface area contributed by atoms with E-state index in [0.29, 0.717) is 6.42 Å². The summed E-state index contributed by atoms with van der Waals surface area (Å²) in [6, 6.07) is 16.1. The van der Waals surface area contributed by atoms with Crippen molar-refractivity contribution >= 4 is 17.3 Å². The van der Waals surface area contributed by atoms with E-state index in [0.717, 1.165) is 43.2 Å². The van der Waals surface area contributed by atoms with Gasteiger partial charge in [0, 0.05) is 24.5 Å². The number of morpholine rings is 1. The van der Waals surface area contributed by atoms with Crippen LogP contribution in [-0.4, -0.2) is 32.2 Å². The molecule has 0 atom stereocenters. The zero-order chi connectivity index (χ0) is 16.1. The molecule has 0 radical (unpaired) electrons. The Kier molecular flexibility index (Phi) is 4.93. The molecule has 1 aliphatic rings. The Labute approximate surface area is 137 Å². The Morgan fingerprint density at radius 2 is 1.87 bits per heavy atom. The Bertz CT molecular complexity index is 661. The van der Waals surface area contributed by atoms with Gasteiger partial charge in [0.15, 0.2) is 0 Å². The minimum absolute atomic E-state index is 0.00739. The van der Waals surface area contributed by atoms with Gasteiger partial charge in [-0.15, -0.1) is 0 Å². The predicted octanol–water partition coefficient (Wildman–Crippen LogP) is 3.01. The molecule has 1 fully saturated rings. The number of aryl methyl sites for hydroxylation is 1. The Balaban J connectivity index is 1.62. The zero-order valence-corrected chi connectivity index (χ0v) is 13.4. The zero-order valence-electron chi connectivity index (χ0n) is 13.4. The molecule has 0 unspecified atom stereocenters. The number of nitrogens with zero attached hydrogens (tertiary/aromatic N) is 1. The highest BCUT2D eigenvalue weighted by molar-refractivity contribution is 5.92. The topological polar surface area (TPSA) is 41.6 Å². The molecule has 23 heavy (non-hydrogen) atoms. The van der Waals surface area contributed by atoms with Gasteiger partial charge in [-0.3, -0.25) is 4.79 Å². The molecule has 1 N–H and O–H groups in total. The van der Waals surface area contributed by atoms with Crippen LogP contribution in [0.2, 0.25) is 0 Å². The lowest BCUT2D eigenvalue weighted by atomic mass is 10.1. The van der Waals surface area contributed by atoms with E-state index in [1.807, 2.05) is 49.4 Å². The maximum Gasteiger partial charge on any atom is 0.228 e. The largest absolute Gasteiger partial charge is 0.378 e. The van der Waals surface area contributed by atoms with Crippen molar-refractivity contribution in [3.05, 3.63) is 59.7 Å². The molecule has 0 aromatic heterocycles. The molecule has 4 heteroatoms. The third-order valence-electron chi connectivity index (χ3n) is 3.99. The van der Waals surface area contributed by atoms with Crippen molar-refractivity contribution in [1.29, 1.82) is 0 Å². The van der Waals surface area contributed by atoms with Crippen LogP contribution in [-0.2, 0) is 16.0 Å². The van der Waals surface area contributed by atoms with Gasteiger partial charge in [0.25, 0.3) is 0 Å². The van der Waals surface area contributed by atoms with Crippen LogP contribution in [0.4, 0.5) is 11.4 Å². The lowest BCUT2D eigenvalue weighted by Gasteiger charge is -2.29. The summed E-state index contributed by atoms with van der Waals surface area (Å²) in [5, 5.41) is 2.99. The van der Waals surface area contributed by atoms with E-state index in [2.05, 4.69) is 16.3 Å². The molecule has 0 bridgehead atoms. The molecule has 4 nitrogen and oxygen atoms in total. The van der Waals surface area contributed by atoms with Gasteiger partial charge < -0.3 is 15.0 Å². The molecule has 1 heterocycles. The highest BCUT2D eigenvalue weighted by atomic mass is 16.5. The first-order valence-corrected chi connectivity index (χ1v) is 7.99. The highest BCUT2D eigenvalue weighted by Gasteiger charge is 2.12. The monoisotopic (exact) mass is 310 g/mol. The summed E-state index contributed by atoms with van der Waals surface area (Å²) in [7, 11) is 0. The van der Waals surface area contributed by atoms with Crippen molar-refractivity contribution in [1.82, 2.24) is 0 Å². The van der Waals surface area contributed by atoms with Crippen LogP contribution in [0, 0.1) is 6.92 Å². The molecular weight excluding hydrogens is 288 g/mol. The van der Waals surface area contributed by atoms with Crippen molar-refractivity contribution in [2.45, 2.75) is 13.3 Å². The predicted molar refractivity (Wildman–Crippen MR) is 93.0 cm³/mol. The highest BCUT2D eigenvalue weighted by Crippen LogP contribution is 2.20. The Morgan fingerprint density at radius 1 is 1.13 bits per heavy atom. The molecule has 1 amide bonds. The third kappa shape index (κ3) is 4.33. The number of benzene rings is 2. The summed E-state index contributed by atoms with van der Waals surface area (Å²) in [5.41, 5.74) is 4.19. The SMILES string of the molecule is Cc1ccc(CC(=O)Nc2cccc(N3CCOCC3)c2)cc1. The van der Waals surface area contributed by atoms with Crippen LogP contribution in [0.3, 0.4) is 0 Å². The number of amides is 1. The number of hydrogen-bond acceptors (Lipinski definition) is 3. The minimum atomic E-state index is 0.00739. The van der Waals surface area contributed by atoms with E-state index in [9.17, 15) is 4.79 Å². The van der Waals surface area contributed by atoms with Crippen molar-refractivity contribution in [3.63, 3.8) is 0 Å². The van der Waals surface area contributed by atoms with E-state index in [1.54, 1.807) is 0 Å². The van der Waals surface area contributed by atoms with Crippen LogP contribution < -0.4 is 10.2 Å². The Morgan fingerprint density at radius 3 is 2.61 bits per heavy atom. The summed E-state index contributed by atoms with van der Waals surface area (Å²) in [6.45, 7) is 5.33. The lowest BCUT2D eigenvalue weighted by molar-refractivity contribution is -0.115. The number of ether oxygens (including phenoxy) is 1. The first-order valence-electron chi connectivity index (χ1n) is 7.99. The molecule has 0 aliphatic carbocycles. The second kappa shape index (κ2) is 7.29. The van der Waals surface area contributed by atoms with Crippen molar-refractivity contribution in [2.24, 2.45) is 0 Å². The van der Waals surface area contributed by atoms with Crippen LogP contribution in [0.15, 0.2) is 48.5 Å². The fourth-order valence-corrected chi connectivity index (χ4v) is 2.70. The number of carbonyl (C=O) groups is 1. The normalized spacial score (nSPS) is 14.6. The van der Waals surface area contributed by atoms with Gasteiger partial charge in [0.2, 0.25) is 5.91 Å². The van der Waals surface area contributed by atoms with Gasteiger partial charge >= 0.3 is 0 Å². The summed E-state index contributed by atoms with van der Waals surface area (Å²) in [6.07, 6.45) is 0.391. The van der Waals surface area contributed by atoms with Gasteiger partial charge in [-0.1, -0.05) is 35.9 Å². The first-order chi connectivity index (χ1) is 11.2. The maximum atomic E-state index is 12.2. The van der Waals surface area contributed by atoms with E-state index >= 15 is 0 Å². The van der Waals surface area contributed by atoms with Crippen LogP contribution >= 0.6 is 0 Å². The smallest absolute Gasteiger partial charge is 0.228 e. The molecule has 0 spiro atoms. The second-order valence-corrected chi connectivity index (χ2v) is 5.86. The van der Waals surface area contributed by atoms with Crippen LogP contribution in [0.1, 0.15) is 11.1 Å². The molecule has 2 aromatic rings. The molecule has 120 valence electrons. The van der Waals surface area contributed by atoms with Crippen LogP contribution in [0.5, 0.6) is 0 Å². The number of hydrogen-bond donors (Lipinski definition) is 1. The average molecular weight is 310 g/mol. The first kappa shape index (κ1) is 15.6. The number of nitrogens with one attached hydrogen (secondary N) is 1. The van der Waals surface area contributed by atoms with E-state index in [1.165, 1.54) is 5.56 Å². The molecular formula is C19H22N2O2. The van der Waals surface area contributed by atoms with E-state index in [-0.39, 0.29) is 5.91 Å². The number of anilines is 2. The van der Waals surface area contributed by atoms with Gasteiger partial charge in [0.05, 0.1) is 19.6 Å². The molecule has 0 saturated carbocycles. The second-order valence-electron chi connectivity index (χ2n) is 5.86. The van der Waals surface area contributed by atoms with E-state index in [4.69, 9.17) is 4.74 Å². The summed E-state index contributed by atoms with van der Waals surface area (Å²) in [4.78, 5) is 14.5. The standard InChI is InChI=1S/C19H22N2O2/c1-15-5-7-16(8-6-15)13-19(22)20-17-3-2-4-18(14-17)21-9-11-23-12-10-21/h2-8,14H,9-13H2,1H3,(H,20,22). The van der Waals surface area contributed by atoms with Gasteiger partial charge in [-0.05, 0) is 30.7 Å². The molecule has 1 saturated heterocycles. The van der Waals surface area contributed by atoms with Crippen molar-refractivity contribution in [3.8, 4) is 0 Å². The Hall–Kier alpha value is -2.33. The average Bonchev–Trinajstić information content (AvgIpc) is 2.58. The quantitative estimate of drug-likeness (QED) is 0.944. The molecule has 1 aliphatic heterocycles. The van der Waals surface area contributed by atoms with Crippen LogP contribution in [0.25, 0.3) is 0 Å². The third-order valence-corrected chi connectivity index (χ3v) is 3.99. The summed E-state index contributed by atoms with van der Waals surface area (Å²) < 4.78 is 5.38. The van der Waals surface area contributed by atoms with Gasteiger partial charge in [0.1, 0.15) is 0 Å². The molecule has 3 rings (SSSR count). The summed E-state index contributed by atoms with van der Waals surface area (Å²) >= 11 is 0. The van der Waals surface area contributed by atoms with Crippen molar-refractivity contribution < 1.29 is 9.53 Å². The minimum Gasteiger partial charge on any atom is -0.378 e. The van der Waals surface area contributed by atoms with Gasteiger partial charge in [-0.2, -0.15) is 0 Å². The maximum absolute atomic E-state index is 12.2. The fraction of sp³-hybridized carbons (Fsp3) is 0.316. The van der Waals surface area contributed by atoms with E-state index < -0.39 is 0 Å². The molecule has 2 aromatic carbocycles. The lowest BCUT2D eigenvalue weighted by Crippen LogP contribution is -2.36. The summed E-state index contributed by atoms with van der Waals surface area (Å²) in [5.74, 6) is 0.00739. The number of rotatable bonds is 4. The van der Waals surface area contributed by atoms with Crippen molar-refractivity contribution in [2.75, 3.05) is 36.5 Å². The van der Waals surface area contributed by atoms with Gasteiger partial charge in [-0.25, -0.2) is 0 Å². The number of carbonyl (C=O) groups excluding carboxylic acids is 1. The fourth-order valence-electron chi connectivity index (χ4n) is 2.70.